The molecule has 0 fully saturated rings. The molecule has 0 saturated carbocycles. The number of carbonyl (C=O) groups excluding carboxylic acids is 1. The van der Waals surface area contributed by atoms with Gasteiger partial charge in [-0.2, -0.15) is 26.3 Å². The van der Waals surface area contributed by atoms with Gasteiger partial charge >= 0.3 is 18.3 Å². The van der Waals surface area contributed by atoms with Crippen LogP contribution < -0.4 is 0 Å². The molecule has 0 spiro atoms. The molecule has 2 atom stereocenters. The molecule has 1 aromatic rings. The SMILES string of the molecule is CC(=O)O[C@@H](c1cc(C(F)(F)F)cc(C(F)(F)F)c1)C(C)C.CCC(C)C(C)C. The second-order valence-electron chi connectivity index (χ2n) is 7.74. The topological polar surface area (TPSA) is 26.3 Å². The van der Waals surface area contributed by atoms with E-state index in [1.54, 1.807) is 0 Å². The van der Waals surface area contributed by atoms with Gasteiger partial charge in [-0.3, -0.25) is 4.79 Å². The molecule has 1 unspecified atom stereocenters. The lowest BCUT2D eigenvalue weighted by molar-refractivity contribution is -0.149. The fraction of sp³-hybridized carbons (Fsp3) is 0.667. The van der Waals surface area contributed by atoms with E-state index in [0.29, 0.717) is 12.1 Å². The minimum absolute atomic E-state index is 0.0364. The molecule has 1 aromatic carbocycles. The summed E-state index contributed by atoms with van der Waals surface area (Å²) in [5, 5.41) is 0. The van der Waals surface area contributed by atoms with Gasteiger partial charge < -0.3 is 4.74 Å². The molecule has 0 N–H and O–H groups in total. The first-order valence-corrected chi connectivity index (χ1v) is 9.47. The van der Waals surface area contributed by atoms with E-state index in [9.17, 15) is 31.1 Å². The summed E-state index contributed by atoms with van der Waals surface area (Å²) in [7, 11) is 0. The van der Waals surface area contributed by atoms with Crippen LogP contribution in [0.15, 0.2) is 18.2 Å². The van der Waals surface area contributed by atoms with Crippen LogP contribution in [0.3, 0.4) is 0 Å². The molecule has 0 heterocycles. The Kier molecular flexibility index (Phi) is 10.2. The number of halogens is 6. The Morgan fingerprint density at radius 3 is 1.48 bits per heavy atom. The number of hydrogen-bond acceptors (Lipinski definition) is 2. The summed E-state index contributed by atoms with van der Waals surface area (Å²) in [6, 6.07) is 1.18. The standard InChI is InChI=1S/C14H14F6O2.C7H16/c1-7(2)12(22-8(3)21)9-4-10(13(15,16)17)6-11(5-9)14(18,19)20;1-5-7(4)6(2)3/h4-7,12H,1-3H3;6-7H,5H2,1-4H3/t12-;/m1./s1. The van der Waals surface area contributed by atoms with Gasteiger partial charge in [0.25, 0.3) is 0 Å². The third kappa shape index (κ3) is 9.54. The molecule has 1 rings (SSSR count). The van der Waals surface area contributed by atoms with Crippen molar-refractivity contribution in [3.05, 3.63) is 34.9 Å². The quantitative estimate of drug-likeness (QED) is 0.355. The predicted molar refractivity (Wildman–Crippen MR) is 100 cm³/mol. The molecule has 0 aliphatic heterocycles. The second kappa shape index (κ2) is 10.9. The molecule has 8 heteroatoms. The van der Waals surface area contributed by atoms with Crippen molar-refractivity contribution in [2.45, 2.75) is 73.3 Å². The van der Waals surface area contributed by atoms with Crippen LogP contribution >= 0.6 is 0 Å². The van der Waals surface area contributed by atoms with Crippen molar-refractivity contribution >= 4 is 5.97 Å². The molecule has 0 radical (unpaired) electrons. The van der Waals surface area contributed by atoms with Crippen molar-refractivity contribution in [2.24, 2.45) is 17.8 Å². The third-order valence-electron chi connectivity index (χ3n) is 4.62. The minimum atomic E-state index is -4.94. The van der Waals surface area contributed by atoms with Gasteiger partial charge in [0.2, 0.25) is 0 Å². The fourth-order valence-corrected chi connectivity index (χ4v) is 2.38. The zero-order chi connectivity index (χ0) is 23.2. The summed E-state index contributed by atoms with van der Waals surface area (Å²) in [6.45, 7) is 13.2. The fourth-order valence-electron chi connectivity index (χ4n) is 2.38. The van der Waals surface area contributed by atoms with Crippen LogP contribution in [0.5, 0.6) is 0 Å². The summed E-state index contributed by atoms with van der Waals surface area (Å²) in [5.41, 5.74) is -3.21. The first-order valence-electron chi connectivity index (χ1n) is 9.47. The lowest BCUT2D eigenvalue weighted by Crippen LogP contribution is -2.18. The van der Waals surface area contributed by atoms with Crippen LogP contribution in [-0.2, 0) is 21.9 Å². The Hall–Kier alpha value is -1.73. The molecular weight excluding hydrogens is 398 g/mol. The number of esters is 1. The minimum Gasteiger partial charge on any atom is -0.457 e. The highest BCUT2D eigenvalue weighted by atomic mass is 19.4. The van der Waals surface area contributed by atoms with Crippen LogP contribution in [0.2, 0.25) is 0 Å². The summed E-state index contributed by atoms with van der Waals surface area (Å²) >= 11 is 0. The molecule has 0 bridgehead atoms. The van der Waals surface area contributed by atoms with Crippen molar-refractivity contribution in [1.82, 2.24) is 0 Å². The highest BCUT2D eigenvalue weighted by molar-refractivity contribution is 5.66. The number of alkyl halides is 6. The molecular formula is C21H30F6O2. The summed E-state index contributed by atoms with van der Waals surface area (Å²) in [6.07, 6.45) is -9.75. The van der Waals surface area contributed by atoms with Gasteiger partial charge in [-0.05, 0) is 41.5 Å². The van der Waals surface area contributed by atoms with Gasteiger partial charge in [0.15, 0.2) is 0 Å². The Morgan fingerprint density at radius 1 is 0.862 bits per heavy atom. The van der Waals surface area contributed by atoms with E-state index in [1.807, 2.05) is 0 Å². The van der Waals surface area contributed by atoms with Crippen LogP contribution in [0.1, 0.15) is 77.7 Å². The van der Waals surface area contributed by atoms with E-state index in [-0.39, 0.29) is 11.6 Å². The van der Waals surface area contributed by atoms with E-state index in [1.165, 1.54) is 20.3 Å². The maximum Gasteiger partial charge on any atom is 0.416 e. The average molecular weight is 428 g/mol. The lowest BCUT2D eigenvalue weighted by atomic mass is 9.94. The first kappa shape index (κ1) is 27.3. The Morgan fingerprint density at radius 2 is 1.28 bits per heavy atom. The summed E-state index contributed by atoms with van der Waals surface area (Å²) < 4.78 is 81.6. The number of ether oxygens (including phenoxy) is 1. The van der Waals surface area contributed by atoms with Gasteiger partial charge in [0.05, 0.1) is 11.1 Å². The number of benzene rings is 1. The van der Waals surface area contributed by atoms with Gasteiger partial charge in [0, 0.05) is 6.92 Å². The monoisotopic (exact) mass is 428 g/mol. The van der Waals surface area contributed by atoms with E-state index in [4.69, 9.17) is 4.74 Å². The average Bonchev–Trinajstić information content (AvgIpc) is 2.57. The van der Waals surface area contributed by atoms with Crippen molar-refractivity contribution in [1.29, 1.82) is 0 Å². The van der Waals surface area contributed by atoms with E-state index < -0.39 is 41.5 Å². The lowest BCUT2D eigenvalue weighted by Gasteiger charge is -2.23. The summed E-state index contributed by atoms with van der Waals surface area (Å²) in [4.78, 5) is 11.0. The zero-order valence-electron chi connectivity index (χ0n) is 17.8. The number of carbonyl (C=O) groups is 1. The second-order valence-corrected chi connectivity index (χ2v) is 7.74. The zero-order valence-corrected chi connectivity index (χ0v) is 17.8. The largest absolute Gasteiger partial charge is 0.457 e. The van der Waals surface area contributed by atoms with Crippen molar-refractivity contribution < 1.29 is 35.9 Å². The van der Waals surface area contributed by atoms with E-state index in [0.717, 1.165) is 18.8 Å². The van der Waals surface area contributed by atoms with E-state index in [2.05, 4.69) is 27.7 Å². The molecule has 0 aliphatic rings. The first-order chi connectivity index (χ1) is 13.0. The highest BCUT2D eigenvalue weighted by Crippen LogP contribution is 2.39. The smallest absolute Gasteiger partial charge is 0.416 e. The molecule has 168 valence electrons. The van der Waals surface area contributed by atoms with Gasteiger partial charge in [-0.15, -0.1) is 0 Å². The van der Waals surface area contributed by atoms with Crippen LogP contribution in [0.25, 0.3) is 0 Å². The Bertz CT molecular complexity index is 615. The van der Waals surface area contributed by atoms with Crippen molar-refractivity contribution in [2.75, 3.05) is 0 Å². The van der Waals surface area contributed by atoms with Crippen molar-refractivity contribution in [3.8, 4) is 0 Å². The maximum absolute atomic E-state index is 12.8. The number of hydrogen-bond donors (Lipinski definition) is 0. The van der Waals surface area contributed by atoms with E-state index >= 15 is 0 Å². The number of rotatable bonds is 5. The molecule has 0 amide bonds. The molecule has 0 aliphatic carbocycles. The highest BCUT2D eigenvalue weighted by Gasteiger charge is 2.38. The predicted octanol–water partition coefficient (Wildman–Crippen LogP) is 7.67. The summed E-state index contributed by atoms with van der Waals surface area (Å²) in [5.74, 6) is 0.489. The molecule has 2 nitrogen and oxygen atoms in total. The third-order valence-corrected chi connectivity index (χ3v) is 4.62. The Labute approximate surface area is 168 Å². The van der Waals surface area contributed by atoms with Crippen LogP contribution in [0.4, 0.5) is 26.3 Å². The molecule has 29 heavy (non-hydrogen) atoms. The molecule has 0 aromatic heterocycles. The van der Waals surface area contributed by atoms with Gasteiger partial charge in [-0.25, -0.2) is 0 Å². The van der Waals surface area contributed by atoms with Crippen LogP contribution in [-0.4, -0.2) is 5.97 Å². The molecule has 0 saturated heterocycles. The maximum atomic E-state index is 12.8. The van der Waals surface area contributed by atoms with Crippen molar-refractivity contribution in [3.63, 3.8) is 0 Å². The van der Waals surface area contributed by atoms with Crippen LogP contribution in [0, 0.1) is 17.8 Å². The van der Waals surface area contributed by atoms with Gasteiger partial charge in [-0.1, -0.05) is 48.0 Å². The Balaban J connectivity index is 0.000000956. The van der Waals surface area contributed by atoms with Gasteiger partial charge in [0.1, 0.15) is 6.10 Å². The normalized spacial score (nSPS) is 14.3.